The molecule has 0 saturated heterocycles. The standard InChI is InChI=1S/C48H47N4O.Pt/c1-32(2)24-33-22-23-49-46(25-33)52-42-17-10-9-16-40(42)41-21-20-38(30-45(41)52)53-39-28-35(48(6,7)8)27-37(29-39)51-31-50(43-18-11-12-19-44(43)51)36-15-13-14-34(26-36)47(3,4)5;/h9-23,25-28,31-32H,24H2,1-8H3;/q-3;. The van der Waals surface area contributed by atoms with E-state index in [1.807, 2.05) is 12.3 Å². The number of benzene rings is 5. The molecule has 0 unspecified atom stereocenters. The molecule has 2 aromatic heterocycles. The normalized spacial score (nSPS) is 13.1. The summed E-state index contributed by atoms with van der Waals surface area (Å²) >= 11 is 0. The van der Waals surface area contributed by atoms with Crippen LogP contribution in [-0.2, 0) is 38.3 Å². The molecular weight excluding hydrogens is 844 g/mol. The first kappa shape index (κ1) is 37.5. The molecule has 1 aliphatic heterocycles. The maximum Gasteiger partial charge on any atom is 0.135 e. The van der Waals surface area contributed by atoms with Crippen molar-refractivity contribution in [1.82, 2.24) is 9.55 Å². The van der Waals surface area contributed by atoms with Crippen molar-refractivity contribution >= 4 is 44.6 Å². The number of aromatic nitrogens is 2. The van der Waals surface area contributed by atoms with Crippen LogP contribution in [0.15, 0.2) is 115 Å². The van der Waals surface area contributed by atoms with Crippen LogP contribution in [0.2, 0.25) is 0 Å². The van der Waals surface area contributed by atoms with Gasteiger partial charge < -0.3 is 19.1 Å². The van der Waals surface area contributed by atoms with Gasteiger partial charge >= 0.3 is 0 Å². The van der Waals surface area contributed by atoms with Crippen LogP contribution in [0.4, 0.5) is 22.7 Å². The minimum Gasteiger partial charge on any atom is -0.509 e. The first-order valence-electron chi connectivity index (χ1n) is 18.6. The van der Waals surface area contributed by atoms with E-state index in [2.05, 4.69) is 192 Å². The van der Waals surface area contributed by atoms with E-state index in [1.54, 1.807) is 0 Å². The average molecular weight is 891 g/mol. The fraction of sp³-hybridized carbons (Fsp3) is 0.250. The monoisotopic (exact) mass is 890 g/mol. The molecule has 7 aromatic rings. The maximum atomic E-state index is 6.74. The van der Waals surface area contributed by atoms with Gasteiger partial charge in [0.1, 0.15) is 5.82 Å². The third kappa shape index (κ3) is 7.19. The molecule has 0 bridgehead atoms. The molecule has 0 spiro atoms. The Morgan fingerprint density at radius 2 is 1.41 bits per heavy atom. The smallest absolute Gasteiger partial charge is 0.135 e. The molecule has 0 radical (unpaired) electrons. The zero-order valence-electron chi connectivity index (χ0n) is 32.3. The summed E-state index contributed by atoms with van der Waals surface area (Å²) in [5, 5.41) is 2.27. The number of hydrogen-bond acceptors (Lipinski definition) is 4. The van der Waals surface area contributed by atoms with Gasteiger partial charge in [-0.1, -0.05) is 103 Å². The molecule has 0 saturated carbocycles. The summed E-state index contributed by atoms with van der Waals surface area (Å²) in [6.07, 6.45) is 2.91. The van der Waals surface area contributed by atoms with Gasteiger partial charge in [-0.25, -0.2) is 4.98 Å². The van der Waals surface area contributed by atoms with Gasteiger partial charge in [-0.3, -0.25) is 0 Å². The van der Waals surface area contributed by atoms with Crippen LogP contribution < -0.4 is 14.5 Å². The third-order valence-corrected chi connectivity index (χ3v) is 10.0. The number of rotatable bonds is 7. The summed E-state index contributed by atoms with van der Waals surface area (Å²) in [5.41, 5.74) is 9.89. The molecule has 0 N–H and O–H groups in total. The van der Waals surface area contributed by atoms with E-state index in [0.29, 0.717) is 17.4 Å². The van der Waals surface area contributed by atoms with Gasteiger partial charge in [-0.05, 0) is 82.1 Å². The largest absolute Gasteiger partial charge is 0.509 e. The number of fused-ring (bicyclic) bond motifs is 4. The van der Waals surface area contributed by atoms with Gasteiger partial charge in [0.25, 0.3) is 0 Å². The van der Waals surface area contributed by atoms with Gasteiger partial charge in [0.15, 0.2) is 0 Å². The first-order valence-corrected chi connectivity index (χ1v) is 18.6. The van der Waals surface area contributed by atoms with Crippen LogP contribution in [-0.4, -0.2) is 9.55 Å². The van der Waals surface area contributed by atoms with Crippen molar-refractivity contribution in [3.05, 3.63) is 151 Å². The van der Waals surface area contributed by atoms with Crippen LogP contribution >= 0.6 is 0 Å². The van der Waals surface area contributed by atoms with Crippen molar-refractivity contribution in [1.29, 1.82) is 0 Å². The molecule has 278 valence electrons. The second kappa shape index (κ2) is 14.4. The van der Waals surface area contributed by atoms with Crippen LogP contribution in [0.5, 0.6) is 11.5 Å². The first-order chi connectivity index (χ1) is 25.3. The molecule has 1 aliphatic rings. The summed E-state index contributed by atoms with van der Waals surface area (Å²) in [4.78, 5) is 9.34. The van der Waals surface area contributed by atoms with Gasteiger partial charge in [0, 0.05) is 61.3 Å². The average Bonchev–Trinajstić information content (AvgIpc) is 3.67. The quantitative estimate of drug-likeness (QED) is 0.149. The number of nitrogens with zero attached hydrogens (tertiary/aromatic N) is 4. The Labute approximate surface area is 334 Å². The van der Waals surface area contributed by atoms with E-state index in [-0.39, 0.29) is 31.9 Å². The fourth-order valence-corrected chi connectivity index (χ4v) is 7.25. The zero-order valence-corrected chi connectivity index (χ0v) is 34.6. The minimum absolute atomic E-state index is 0. The van der Waals surface area contributed by atoms with E-state index >= 15 is 0 Å². The van der Waals surface area contributed by atoms with Gasteiger partial charge in [0.2, 0.25) is 0 Å². The molecule has 0 aliphatic carbocycles. The summed E-state index contributed by atoms with van der Waals surface area (Å²) < 4.78 is 8.95. The molecule has 54 heavy (non-hydrogen) atoms. The van der Waals surface area contributed by atoms with E-state index in [0.717, 1.165) is 62.4 Å². The summed E-state index contributed by atoms with van der Waals surface area (Å²) in [6.45, 7) is 20.1. The van der Waals surface area contributed by atoms with Crippen LogP contribution in [0.3, 0.4) is 0 Å². The van der Waals surface area contributed by atoms with E-state index in [9.17, 15) is 0 Å². The summed E-state index contributed by atoms with van der Waals surface area (Å²) in [5.74, 6) is 2.70. The topological polar surface area (TPSA) is 33.5 Å². The Morgan fingerprint density at radius 1 is 0.685 bits per heavy atom. The van der Waals surface area contributed by atoms with Crippen molar-refractivity contribution in [2.75, 3.05) is 9.80 Å². The molecule has 5 aromatic carbocycles. The summed E-state index contributed by atoms with van der Waals surface area (Å²) in [7, 11) is 0. The van der Waals surface area contributed by atoms with Crippen molar-refractivity contribution < 1.29 is 25.8 Å². The van der Waals surface area contributed by atoms with Crippen molar-refractivity contribution in [3.63, 3.8) is 0 Å². The minimum atomic E-state index is -0.130. The molecule has 3 heterocycles. The molecule has 8 rings (SSSR count). The number of anilines is 4. The number of pyridine rings is 1. The van der Waals surface area contributed by atoms with Crippen LogP contribution in [0, 0.1) is 24.7 Å². The Kier molecular flexibility index (Phi) is 10.00. The maximum absolute atomic E-state index is 6.74. The van der Waals surface area contributed by atoms with Gasteiger partial charge in [-0.2, -0.15) is 6.07 Å². The predicted molar refractivity (Wildman–Crippen MR) is 220 cm³/mol. The van der Waals surface area contributed by atoms with E-state index in [4.69, 9.17) is 9.72 Å². The predicted octanol–water partition coefficient (Wildman–Crippen LogP) is 12.8. The zero-order chi connectivity index (χ0) is 37.1. The third-order valence-electron chi connectivity index (χ3n) is 10.0. The Hall–Kier alpha value is -4.86. The molecule has 5 nitrogen and oxygen atoms in total. The summed E-state index contributed by atoms with van der Waals surface area (Å²) in [6, 6.07) is 46.0. The Morgan fingerprint density at radius 3 is 2.15 bits per heavy atom. The van der Waals surface area contributed by atoms with E-state index < -0.39 is 0 Å². The van der Waals surface area contributed by atoms with Crippen molar-refractivity contribution in [2.24, 2.45) is 5.92 Å². The Balaban J connectivity index is 0.00000450. The number of hydrogen-bond donors (Lipinski definition) is 0. The van der Waals surface area contributed by atoms with Crippen molar-refractivity contribution in [3.8, 4) is 17.3 Å². The molecule has 0 atom stereocenters. The molecule has 0 fully saturated rings. The Bertz CT molecular complexity index is 2470. The van der Waals surface area contributed by atoms with E-state index in [1.165, 1.54) is 11.1 Å². The van der Waals surface area contributed by atoms with Gasteiger partial charge in [0.05, 0.1) is 0 Å². The SMILES string of the molecule is CC(C)Cc1ccnc(-n2c3[c-]c(Oc4[c-]c(N5[CH-]N(c6cccc(C(C)(C)C)c6)c6ccccc65)cc(C(C)(C)C)c4)ccc3c3ccccc32)c1.[Pt]. The van der Waals surface area contributed by atoms with Crippen molar-refractivity contribution in [2.45, 2.75) is 72.6 Å². The molecular formula is C48H47N4OPt-3. The van der Waals surface area contributed by atoms with Crippen LogP contribution in [0.25, 0.3) is 27.6 Å². The second-order valence-electron chi connectivity index (χ2n) is 16.7. The number of para-hydroxylation sites is 3. The number of ether oxygens (including phenoxy) is 1. The second-order valence-corrected chi connectivity index (χ2v) is 16.7. The fourth-order valence-electron chi connectivity index (χ4n) is 7.25. The molecule has 0 amide bonds. The van der Waals surface area contributed by atoms with Gasteiger partial charge in [-0.15, -0.1) is 53.6 Å². The molecule has 6 heteroatoms. The van der Waals surface area contributed by atoms with Crippen LogP contribution in [0.1, 0.15) is 72.1 Å².